The maximum Gasteiger partial charge on any atom is 0.333 e. The predicted octanol–water partition coefficient (Wildman–Crippen LogP) is 4.74. The van der Waals surface area contributed by atoms with Gasteiger partial charge in [-0.05, 0) is 52.7 Å². The Morgan fingerprint density at radius 1 is 1.31 bits per heavy atom. The number of aromatic nitrogens is 2. The van der Waals surface area contributed by atoms with Gasteiger partial charge in [0.1, 0.15) is 5.82 Å². The lowest BCUT2D eigenvalue weighted by Gasteiger charge is -2.12. The Hall–Kier alpha value is -3.14. The summed E-state index contributed by atoms with van der Waals surface area (Å²) in [6.45, 7) is -1.22. The van der Waals surface area contributed by atoms with Crippen LogP contribution in [0.3, 0.4) is 0 Å². The molecule has 0 aliphatic rings. The van der Waals surface area contributed by atoms with Gasteiger partial charge in [0.2, 0.25) is 0 Å². The molecule has 6 nitrogen and oxygen atoms in total. The van der Waals surface area contributed by atoms with Gasteiger partial charge in [-0.3, -0.25) is 10.2 Å². The fourth-order valence-corrected chi connectivity index (χ4v) is 3.03. The van der Waals surface area contributed by atoms with Crippen molar-refractivity contribution in [2.45, 2.75) is 13.5 Å². The third-order valence-electron chi connectivity index (χ3n) is 4.20. The molecule has 1 aromatic heterocycles. The summed E-state index contributed by atoms with van der Waals surface area (Å²) in [4.78, 5) is 12.6. The quantitative estimate of drug-likeness (QED) is 0.375. The Morgan fingerprint density at radius 3 is 2.69 bits per heavy atom. The largest absolute Gasteiger partial charge is 0.398 e. The van der Waals surface area contributed by atoms with E-state index in [1.807, 2.05) is 0 Å². The molecule has 3 rings (SSSR count). The van der Waals surface area contributed by atoms with Crippen molar-refractivity contribution >= 4 is 38.9 Å². The van der Waals surface area contributed by atoms with Gasteiger partial charge in [-0.1, -0.05) is 6.07 Å². The van der Waals surface area contributed by atoms with Crippen LogP contribution in [0.4, 0.5) is 24.5 Å². The highest BCUT2D eigenvalue weighted by atomic mass is 79.9. The minimum Gasteiger partial charge on any atom is -0.398 e. The molecule has 0 unspecified atom stereocenters. The number of carbonyl (C=O) groups excluding carboxylic acids is 1. The van der Waals surface area contributed by atoms with Crippen molar-refractivity contribution in [3.05, 3.63) is 75.3 Å². The molecule has 0 fully saturated rings. The number of nitrogens with one attached hydrogen (secondary N) is 2. The average molecular weight is 466 g/mol. The van der Waals surface area contributed by atoms with E-state index in [1.165, 1.54) is 24.3 Å². The molecule has 0 spiro atoms. The summed E-state index contributed by atoms with van der Waals surface area (Å²) in [5.74, 6) is -1.36. The van der Waals surface area contributed by atoms with Gasteiger partial charge in [0.25, 0.3) is 5.91 Å². The van der Waals surface area contributed by atoms with E-state index < -0.39 is 18.3 Å². The van der Waals surface area contributed by atoms with Gasteiger partial charge in [0.15, 0.2) is 0 Å². The van der Waals surface area contributed by atoms with E-state index in [2.05, 4.69) is 26.3 Å². The van der Waals surface area contributed by atoms with Crippen LogP contribution in [0.5, 0.6) is 0 Å². The molecular weight excluding hydrogens is 451 g/mol. The van der Waals surface area contributed by atoms with E-state index in [4.69, 9.17) is 11.1 Å². The summed E-state index contributed by atoms with van der Waals surface area (Å²) in [6.07, 6.45) is 2.15. The number of halogens is 4. The van der Waals surface area contributed by atoms with Gasteiger partial charge in [0, 0.05) is 28.7 Å². The zero-order valence-corrected chi connectivity index (χ0v) is 16.6. The Bertz CT molecular complexity index is 1110. The predicted molar refractivity (Wildman–Crippen MR) is 107 cm³/mol. The number of alkyl halides is 2. The van der Waals surface area contributed by atoms with Crippen molar-refractivity contribution in [1.29, 1.82) is 5.41 Å². The number of nitrogens with two attached hydrogens (primary N) is 1. The topological polar surface area (TPSA) is 96.8 Å². The summed E-state index contributed by atoms with van der Waals surface area (Å²) >= 11 is 3.05. The van der Waals surface area contributed by atoms with Gasteiger partial charge in [-0.25, -0.2) is 9.07 Å². The third kappa shape index (κ3) is 4.16. The second-order valence-corrected chi connectivity index (χ2v) is 7.03. The molecule has 1 heterocycles. The maximum atomic E-state index is 14.3. The zero-order valence-electron chi connectivity index (χ0n) is 15.0. The van der Waals surface area contributed by atoms with Gasteiger partial charge >= 0.3 is 6.55 Å². The van der Waals surface area contributed by atoms with Crippen molar-refractivity contribution < 1.29 is 18.0 Å². The number of benzene rings is 2. The smallest absolute Gasteiger partial charge is 0.333 e. The summed E-state index contributed by atoms with van der Waals surface area (Å²) in [7, 11) is 0. The SMILES string of the molecule is Cc1ccc(Br)c(F)c1C(=O)Nc1ccc(N)c(C(=N)c2cnn(C(F)F)c2)c1. The minimum atomic E-state index is -2.83. The molecule has 0 bridgehead atoms. The number of hydrogen-bond donors (Lipinski definition) is 3. The summed E-state index contributed by atoms with van der Waals surface area (Å²) < 4.78 is 40.3. The molecule has 4 N–H and O–H groups in total. The number of rotatable bonds is 5. The Morgan fingerprint density at radius 2 is 2.03 bits per heavy atom. The lowest BCUT2D eigenvalue weighted by molar-refractivity contribution is 0.0566. The molecule has 2 aromatic carbocycles. The Kier molecular flexibility index (Phi) is 5.73. The summed E-state index contributed by atoms with van der Waals surface area (Å²) in [5, 5.41) is 14.3. The third-order valence-corrected chi connectivity index (χ3v) is 4.81. The Labute approximate surface area is 172 Å². The highest BCUT2D eigenvalue weighted by molar-refractivity contribution is 9.10. The molecular formula is C19H15BrF3N5O. The number of aryl methyl sites for hydroxylation is 1. The van der Waals surface area contributed by atoms with E-state index in [9.17, 15) is 18.0 Å². The fraction of sp³-hybridized carbons (Fsp3) is 0.105. The lowest BCUT2D eigenvalue weighted by Crippen LogP contribution is -2.16. The first kappa shape index (κ1) is 20.6. The van der Waals surface area contributed by atoms with Crippen LogP contribution in [0.15, 0.2) is 47.2 Å². The lowest BCUT2D eigenvalue weighted by atomic mass is 10.0. The fourth-order valence-electron chi connectivity index (χ4n) is 2.70. The molecule has 1 amide bonds. The van der Waals surface area contributed by atoms with Crippen LogP contribution in [0.2, 0.25) is 0 Å². The maximum absolute atomic E-state index is 14.3. The van der Waals surface area contributed by atoms with Gasteiger partial charge in [-0.15, -0.1) is 0 Å². The van der Waals surface area contributed by atoms with E-state index in [0.29, 0.717) is 10.2 Å². The van der Waals surface area contributed by atoms with Crippen LogP contribution in [-0.2, 0) is 0 Å². The Balaban J connectivity index is 1.90. The van der Waals surface area contributed by atoms with Crippen molar-refractivity contribution in [2.75, 3.05) is 11.1 Å². The normalized spacial score (nSPS) is 11.0. The number of hydrogen-bond acceptors (Lipinski definition) is 4. The van der Waals surface area contributed by atoms with Crippen molar-refractivity contribution in [2.24, 2.45) is 0 Å². The highest BCUT2D eigenvalue weighted by Crippen LogP contribution is 2.25. The second kappa shape index (κ2) is 8.08. The molecule has 0 aliphatic carbocycles. The van der Waals surface area contributed by atoms with Crippen LogP contribution in [0.25, 0.3) is 0 Å². The monoisotopic (exact) mass is 465 g/mol. The first-order valence-corrected chi connectivity index (χ1v) is 9.05. The molecule has 29 heavy (non-hydrogen) atoms. The van der Waals surface area contributed by atoms with Gasteiger partial charge in [-0.2, -0.15) is 13.9 Å². The van der Waals surface area contributed by atoms with Gasteiger partial charge < -0.3 is 11.1 Å². The number of anilines is 2. The highest BCUT2D eigenvalue weighted by Gasteiger charge is 2.19. The average Bonchev–Trinajstić information content (AvgIpc) is 3.16. The number of amides is 1. The van der Waals surface area contributed by atoms with Crippen molar-refractivity contribution in [3.63, 3.8) is 0 Å². The van der Waals surface area contributed by atoms with Crippen LogP contribution < -0.4 is 11.1 Å². The van der Waals surface area contributed by atoms with E-state index in [0.717, 1.165) is 12.4 Å². The number of nitrogen functional groups attached to an aromatic ring is 1. The molecule has 0 radical (unpaired) electrons. The standard InChI is InChI=1S/C19H15BrF3N5O/c1-9-2-4-13(20)16(21)15(9)18(29)27-11-3-5-14(24)12(6-11)17(25)10-7-26-28(8-10)19(22)23/h2-8,19,25H,24H2,1H3,(H,27,29). The van der Waals surface area contributed by atoms with E-state index >= 15 is 0 Å². The van der Waals surface area contributed by atoms with Gasteiger partial charge in [0.05, 0.1) is 21.9 Å². The molecule has 0 aliphatic heterocycles. The van der Waals surface area contributed by atoms with Crippen molar-refractivity contribution in [3.8, 4) is 0 Å². The molecule has 0 saturated carbocycles. The minimum absolute atomic E-state index is 0.119. The zero-order chi connectivity index (χ0) is 21.3. The van der Waals surface area contributed by atoms with Crippen LogP contribution in [0, 0.1) is 18.2 Å². The van der Waals surface area contributed by atoms with Crippen LogP contribution in [-0.4, -0.2) is 21.4 Å². The van der Waals surface area contributed by atoms with E-state index in [1.54, 1.807) is 13.0 Å². The molecule has 10 heteroatoms. The first-order valence-electron chi connectivity index (χ1n) is 8.26. The number of carbonyl (C=O) groups is 1. The molecule has 150 valence electrons. The first-order chi connectivity index (χ1) is 13.7. The molecule has 0 atom stereocenters. The summed E-state index contributed by atoms with van der Waals surface area (Å²) in [5.41, 5.74) is 6.92. The number of nitrogens with zero attached hydrogens (tertiary/aromatic N) is 2. The van der Waals surface area contributed by atoms with Crippen LogP contribution in [0.1, 0.15) is 33.6 Å². The van der Waals surface area contributed by atoms with Crippen LogP contribution >= 0.6 is 15.9 Å². The molecule has 0 saturated heterocycles. The molecule has 3 aromatic rings. The van der Waals surface area contributed by atoms with E-state index in [-0.39, 0.29) is 38.2 Å². The van der Waals surface area contributed by atoms with Crippen molar-refractivity contribution in [1.82, 2.24) is 9.78 Å². The second-order valence-electron chi connectivity index (χ2n) is 6.17. The summed E-state index contributed by atoms with van der Waals surface area (Å²) in [6, 6.07) is 7.48.